The number of benzene rings is 2. The van der Waals surface area contributed by atoms with Crippen molar-refractivity contribution in [2.75, 3.05) is 7.05 Å². The number of nitrogens with one attached hydrogen (secondary N) is 1. The first-order valence-electron chi connectivity index (χ1n) is 6.92. The summed E-state index contributed by atoms with van der Waals surface area (Å²) >= 11 is 12.6. The van der Waals surface area contributed by atoms with Crippen LogP contribution in [0.2, 0.25) is 10.0 Å². The van der Waals surface area contributed by atoms with Gasteiger partial charge in [0.2, 0.25) is 0 Å². The molecule has 0 unspecified atom stereocenters. The highest BCUT2D eigenvalue weighted by Crippen LogP contribution is 2.44. The van der Waals surface area contributed by atoms with Crippen LogP contribution in [0.4, 0.5) is 0 Å². The van der Waals surface area contributed by atoms with E-state index in [0.717, 1.165) is 18.4 Å². The molecule has 1 nitrogen and oxygen atoms in total. The second-order valence-electron chi connectivity index (χ2n) is 5.24. The van der Waals surface area contributed by atoms with Gasteiger partial charge in [0.05, 0.1) is 10.0 Å². The third kappa shape index (κ3) is 2.35. The third-order valence-corrected chi connectivity index (χ3v) is 5.03. The number of hydrogen-bond donors (Lipinski definition) is 1. The average molecular weight is 306 g/mol. The quantitative estimate of drug-likeness (QED) is 0.806. The summed E-state index contributed by atoms with van der Waals surface area (Å²) in [6.07, 6.45) is 2.20. The molecule has 1 N–H and O–H groups in total. The first-order valence-corrected chi connectivity index (χ1v) is 7.68. The lowest BCUT2D eigenvalue weighted by atomic mass is 9.77. The fraction of sp³-hybridized carbons (Fsp3) is 0.294. The second kappa shape index (κ2) is 5.77. The van der Waals surface area contributed by atoms with Gasteiger partial charge in [0, 0.05) is 12.0 Å². The normalized spacial score (nSPS) is 21.6. The van der Waals surface area contributed by atoms with Crippen molar-refractivity contribution >= 4 is 23.2 Å². The highest BCUT2D eigenvalue weighted by molar-refractivity contribution is 6.42. The predicted molar refractivity (Wildman–Crippen MR) is 85.8 cm³/mol. The summed E-state index contributed by atoms with van der Waals surface area (Å²) in [5, 5.41) is 4.73. The Labute approximate surface area is 129 Å². The molecule has 0 radical (unpaired) electrons. The van der Waals surface area contributed by atoms with E-state index in [1.165, 1.54) is 11.1 Å². The molecule has 0 fully saturated rings. The minimum Gasteiger partial charge on any atom is -0.313 e. The maximum Gasteiger partial charge on any atom is 0.0630 e. The van der Waals surface area contributed by atoms with Gasteiger partial charge in [0.25, 0.3) is 0 Å². The highest BCUT2D eigenvalue weighted by Gasteiger charge is 2.28. The second-order valence-corrected chi connectivity index (χ2v) is 6.03. The van der Waals surface area contributed by atoms with Gasteiger partial charge < -0.3 is 5.32 Å². The van der Waals surface area contributed by atoms with Crippen LogP contribution in [0.25, 0.3) is 0 Å². The summed E-state index contributed by atoms with van der Waals surface area (Å²) < 4.78 is 0. The molecule has 3 heteroatoms. The Morgan fingerprint density at radius 2 is 1.60 bits per heavy atom. The van der Waals surface area contributed by atoms with E-state index >= 15 is 0 Å². The van der Waals surface area contributed by atoms with E-state index in [0.29, 0.717) is 22.0 Å². The SMILES string of the molecule is CN[C@@H]1CC[C@H](c2cccc(Cl)c2Cl)c2ccccc21. The summed E-state index contributed by atoms with van der Waals surface area (Å²) in [5.74, 6) is 0.335. The lowest BCUT2D eigenvalue weighted by Crippen LogP contribution is -2.24. The minimum atomic E-state index is 0.335. The molecule has 0 spiro atoms. The standard InChI is InChI=1S/C17H17Cl2N/c1-20-16-10-9-12(11-5-2-3-6-13(11)16)14-7-4-8-15(18)17(14)19/h2-8,12,16,20H,9-10H2,1H3/t12-,16+/m0/s1. The van der Waals surface area contributed by atoms with Gasteiger partial charge in [-0.2, -0.15) is 0 Å². The highest BCUT2D eigenvalue weighted by atomic mass is 35.5. The fourth-order valence-corrected chi connectivity index (χ4v) is 3.64. The fourth-order valence-electron chi connectivity index (χ4n) is 3.20. The summed E-state index contributed by atoms with van der Waals surface area (Å²) in [7, 11) is 2.02. The molecule has 2 aromatic rings. The lowest BCUT2D eigenvalue weighted by Gasteiger charge is -2.32. The van der Waals surface area contributed by atoms with E-state index in [4.69, 9.17) is 23.2 Å². The molecule has 104 valence electrons. The van der Waals surface area contributed by atoms with Gasteiger partial charge in [-0.05, 0) is 42.6 Å². The first kappa shape index (κ1) is 13.9. The predicted octanol–water partition coefficient (Wildman–Crippen LogP) is 5.18. The Morgan fingerprint density at radius 3 is 2.35 bits per heavy atom. The number of halogens is 2. The van der Waals surface area contributed by atoms with Crippen molar-refractivity contribution in [2.45, 2.75) is 24.8 Å². The lowest BCUT2D eigenvalue weighted by molar-refractivity contribution is 0.471. The van der Waals surface area contributed by atoms with Crippen molar-refractivity contribution in [3.63, 3.8) is 0 Å². The van der Waals surface area contributed by atoms with Crippen molar-refractivity contribution in [1.82, 2.24) is 5.32 Å². The molecule has 0 aromatic heterocycles. The largest absolute Gasteiger partial charge is 0.313 e. The topological polar surface area (TPSA) is 12.0 Å². The maximum atomic E-state index is 6.42. The van der Waals surface area contributed by atoms with E-state index in [1.54, 1.807) is 0 Å². The molecule has 0 saturated carbocycles. The van der Waals surface area contributed by atoms with Gasteiger partial charge in [-0.1, -0.05) is 59.6 Å². The molecular formula is C17H17Cl2N. The number of fused-ring (bicyclic) bond motifs is 1. The van der Waals surface area contributed by atoms with Crippen LogP contribution in [0.5, 0.6) is 0 Å². The zero-order valence-electron chi connectivity index (χ0n) is 11.4. The maximum absolute atomic E-state index is 6.42. The average Bonchev–Trinajstić information content (AvgIpc) is 2.49. The van der Waals surface area contributed by atoms with E-state index < -0.39 is 0 Å². The summed E-state index contributed by atoms with van der Waals surface area (Å²) in [6.45, 7) is 0. The monoisotopic (exact) mass is 305 g/mol. The van der Waals surface area contributed by atoms with Gasteiger partial charge in [-0.15, -0.1) is 0 Å². The van der Waals surface area contributed by atoms with Crippen LogP contribution in [0.1, 0.15) is 41.5 Å². The molecule has 0 amide bonds. The van der Waals surface area contributed by atoms with Crippen LogP contribution < -0.4 is 5.32 Å². The zero-order valence-corrected chi connectivity index (χ0v) is 12.9. The van der Waals surface area contributed by atoms with Crippen molar-refractivity contribution < 1.29 is 0 Å². The van der Waals surface area contributed by atoms with Gasteiger partial charge in [0.1, 0.15) is 0 Å². The van der Waals surface area contributed by atoms with E-state index in [1.807, 2.05) is 19.2 Å². The van der Waals surface area contributed by atoms with Crippen molar-refractivity contribution in [3.8, 4) is 0 Å². The van der Waals surface area contributed by atoms with Crippen LogP contribution in [0.15, 0.2) is 42.5 Å². The Bertz CT molecular complexity index is 624. The molecule has 3 rings (SSSR count). The van der Waals surface area contributed by atoms with Crippen molar-refractivity contribution in [2.24, 2.45) is 0 Å². The molecule has 0 aliphatic heterocycles. The van der Waals surface area contributed by atoms with Crippen LogP contribution in [-0.2, 0) is 0 Å². The van der Waals surface area contributed by atoms with E-state index in [2.05, 4.69) is 35.6 Å². The smallest absolute Gasteiger partial charge is 0.0630 e. The van der Waals surface area contributed by atoms with Crippen molar-refractivity contribution in [3.05, 3.63) is 69.2 Å². The number of hydrogen-bond acceptors (Lipinski definition) is 1. The Balaban J connectivity index is 2.10. The van der Waals surface area contributed by atoms with E-state index in [9.17, 15) is 0 Å². The molecule has 2 aromatic carbocycles. The van der Waals surface area contributed by atoms with Crippen LogP contribution in [0, 0.1) is 0 Å². The van der Waals surface area contributed by atoms with Crippen LogP contribution >= 0.6 is 23.2 Å². The van der Waals surface area contributed by atoms with Gasteiger partial charge in [0.15, 0.2) is 0 Å². The van der Waals surface area contributed by atoms with Gasteiger partial charge in [-0.3, -0.25) is 0 Å². The van der Waals surface area contributed by atoms with Gasteiger partial charge >= 0.3 is 0 Å². The molecular weight excluding hydrogens is 289 g/mol. The molecule has 20 heavy (non-hydrogen) atoms. The molecule has 0 bridgehead atoms. The Hall–Kier alpha value is -1.02. The summed E-state index contributed by atoms with van der Waals surface area (Å²) in [6, 6.07) is 15.0. The van der Waals surface area contributed by atoms with E-state index in [-0.39, 0.29) is 0 Å². The Kier molecular flexibility index (Phi) is 4.02. The Morgan fingerprint density at radius 1 is 0.900 bits per heavy atom. The minimum absolute atomic E-state index is 0.335. The molecule has 1 aliphatic carbocycles. The van der Waals surface area contributed by atoms with Crippen LogP contribution in [0.3, 0.4) is 0 Å². The first-order chi connectivity index (χ1) is 9.72. The molecule has 0 heterocycles. The van der Waals surface area contributed by atoms with Crippen LogP contribution in [-0.4, -0.2) is 7.05 Å². The summed E-state index contributed by atoms with van der Waals surface area (Å²) in [5.41, 5.74) is 3.88. The number of rotatable bonds is 2. The summed E-state index contributed by atoms with van der Waals surface area (Å²) in [4.78, 5) is 0. The molecule has 0 saturated heterocycles. The molecule has 2 atom stereocenters. The zero-order chi connectivity index (χ0) is 14.1. The molecule has 1 aliphatic rings. The third-order valence-electron chi connectivity index (χ3n) is 4.20. The van der Waals surface area contributed by atoms with Gasteiger partial charge in [-0.25, -0.2) is 0 Å². The van der Waals surface area contributed by atoms with Crippen molar-refractivity contribution in [1.29, 1.82) is 0 Å².